The zero-order valence-corrected chi connectivity index (χ0v) is 10.6. The van der Waals surface area contributed by atoms with Crippen LogP contribution in [-0.2, 0) is 0 Å². The van der Waals surface area contributed by atoms with E-state index in [2.05, 4.69) is 27.6 Å². The normalized spacial score (nSPS) is 10.9. The highest BCUT2D eigenvalue weighted by Gasteiger charge is 1.94. The lowest BCUT2D eigenvalue weighted by molar-refractivity contribution is 0.628. The van der Waals surface area contributed by atoms with Gasteiger partial charge in [0, 0.05) is 9.78 Å². The van der Waals surface area contributed by atoms with E-state index in [9.17, 15) is 4.39 Å². The minimum atomic E-state index is -0.230. The molecule has 0 aliphatic rings. The minimum absolute atomic E-state index is 0.230. The van der Waals surface area contributed by atoms with Crippen LogP contribution in [0.4, 0.5) is 10.1 Å². The lowest BCUT2D eigenvalue weighted by Gasteiger charge is -1.97. The predicted molar refractivity (Wildman–Crippen MR) is 72.8 cm³/mol. The van der Waals surface area contributed by atoms with Crippen LogP contribution in [-0.4, -0.2) is 6.21 Å². The summed E-state index contributed by atoms with van der Waals surface area (Å²) in [5.74, 6) is -0.230. The van der Waals surface area contributed by atoms with E-state index in [1.807, 2.05) is 24.3 Å². The molecule has 0 aliphatic heterocycles. The first-order valence-corrected chi connectivity index (χ1v) is 5.88. The van der Waals surface area contributed by atoms with Crippen molar-refractivity contribution in [3.8, 4) is 0 Å². The molecule has 2 rings (SSSR count). The van der Waals surface area contributed by atoms with Gasteiger partial charge in [0.15, 0.2) is 0 Å². The van der Waals surface area contributed by atoms with Crippen molar-refractivity contribution in [2.24, 2.45) is 4.99 Å². The second kappa shape index (κ2) is 5.21. The topological polar surface area (TPSA) is 12.4 Å². The number of para-hydroxylation sites is 1. The van der Waals surface area contributed by atoms with Crippen molar-refractivity contribution in [2.45, 2.75) is 0 Å². The first-order chi connectivity index (χ1) is 7.75. The first-order valence-electron chi connectivity index (χ1n) is 4.80. The molecule has 0 aliphatic carbocycles. The monoisotopic (exact) mass is 325 g/mol. The molecule has 0 aromatic heterocycles. The van der Waals surface area contributed by atoms with Crippen LogP contribution in [0.1, 0.15) is 5.56 Å². The molecule has 0 amide bonds. The van der Waals surface area contributed by atoms with Crippen LogP contribution in [0.2, 0.25) is 0 Å². The van der Waals surface area contributed by atoms with Crippen molar-refractivity contribution in [3.05, 3.63) is 63.5 Å². The largest absolute Gasteiger partial charge is 0.255 e. The molecule has 0 N–H and O–H groups in total. The third-order valence-corrected chi connectivity index (χ3v) is 2.99. The molecule has 0 saturated heterocycles. The summed E-state index contributed by atoms with van der Waals surface area (Å²) in [4.78, 5) is 4.35. The number of nitrogens with zero attached hydrogens (tertiary/aromatic N) is 1. The molecule has 0 fully saturated rings. The van der Waals surface area contributed by atoms with E-state index in [-0.39, 0.29) is 5.82 Å². The molecular weight excluding hydrogens is 316 g/mol. The Morgan fingerprint density at radius 1 is 1.00 bits per heavy atom. The highest BCUT2D eigenvalue weighted by Crippen LogP contribution is 2.20. The summed E-state index contributed by atoms with van der Waals surface area (Å²) in [6, 6.07) is 14.1. The SMILES string of the molecule is Fc1ccc(C=Nc2ccccc2I)cc1. The van der Waals surface area contributed by atoms with Gasteiger partial charge in [0.1, 0.15) is 5.82 Å². The zero-order valence-electron chi connectivity index (χ0n) is 8.40. The van der Waals surface area contributed by atoms with Gasteiger partial charge in [0.05, 0.1) is 5.69 Å². The number of halogens is 2. The van der Waals surface area contributed by atoms with E-state index >= 15 is 0 Å². The summed E-state index contributed by atoms with van der Waals surface area (Å²) >= 11 is 2.23. The first kappa shape index (κ1) is 11.3. The van der Waals surface area contributed by atoms with Crippen LogP contribution in [0, 0.1) is 9.39 Å². The molecule has 16 heavy (non-hydrogen) atoms. The number of hydrogen-bond acceptors (Lipinski definition) is 1. The Balaban J connectivity index is 2.21. The van der Waals surface area contributed by atoms with Crippen molar-refractivity contribution < 1.29 is 4.39 Å². The zero-order chi connectivity index (χ0) is 11.4. The molecule has 2 aromatic carbocycles. The van der Waals surface area contributed by atoms with E-state index in [0.717, 1.165) is 14.8 Å². The average Bonchev–Trinajstić information content (AvgIpc) is 2.30. The molecule has 0 saturated carbocycles. The summed E-state index contributed by atoms with van der Waals surface area (Å²) in [6.07, 6.45) is 1.73. The fourth-order valence-corrected chi connectivity index (χ4v) is 1.78. The van der Waals surface area contributed by atoms with Crippen LogP contribution in [0.25, 0.3) is 0 Å². The van der Waals surface area contributed by atoms with Crippen LogP contribution >= 0.6 is 22.6 Å². The second-order valence-corrected chi connectivity index (χ2v) is 4.42. The minimum Gasteiger partial charge on any atom is -0.255 e. The Morgan fingerprint density at radius 2 is 1.69 bits per heavy atom. The van der Waals surface area contributed by atoms with E-state index < -0.39 is 0 Å². The van der Waals surface area contributed by atoms with Crippen molar-refractivity contribution in [1.82, 2.24) is 0 Å². The van der Waals surface area contributed by atoms with E-state index in [0.29, 0.717) is 0 Å². The molecule has 0 spiro atoms. The van der Waals surface area contributed by atoms with E-state index in [4.69, 9.17) is 0 Å². The predicted octanol–water partition coefficient (Wildman–Crippen LogP) is 4.18. The quantitative estimate of drug-likeness (QED) is 0.580. The van der Waals surface area contributed by atoms with Gasteiger partial charge in [-0.3, -0.25) is 4.99 Å². The summed E-state index contributed by atoms with van der Waals surface area (Å²) < 4.78 is 13.8. The van der Waals surface area contributed by atoms with Gasteiger partial charge in [0.25, 0.3) is 0 Å². The number of benzene rings is 2. The molecule has 0 unspecified atom stereocenters. The summed E-state index contributed by atoms with van der Waals surface area (Å²) in [7, 11) is 0. The highest BCUT2D eigenvalue weighted by molar-refractivity contribution is 14.1. The van der Waals surface area contributed by atoms with Gasteiger partial charge in [-0.25, -0.2) is 4.39 Å². The molecule has 1 nitrogen and oxygen atoms in total. The number of hydrogen-bond donors (Lipinski definition) is 0. The smallest absolute Gasteiger partial charge is 0.123 e. The lowest BCUT2D eigenvalue weighted by atomic mass is 10.2. The van der Waals surface area contributed by atoms with Crippen LogP contribution in [0.15, 0.2) is 53.5 Å². The Labute approximate surface area is 107 Å². The van der Waals surface area contributed by atoms with Gasteiger partial charge in [0.2, 0.25) is 0 Å². The van der Waals surface area contributed by atoms with E-state index in [1.54, 1.807) is 18.3 Å². The highest BCUT2D eigenvalue weighted by atomic mass is 127. The fraction of sp³-hybridized carbons (Fsp3) is 0. The summed E-state index contributed by atoms with van der Waals surface area (Å²) in [5, 5.41) is 0. The molecule has 0 heterocycles. The standard InChI is InChI=1S/C13H9FIN/c14-11-7-5-10(6-8-11)9-16-13-4-2-1-3-12(13)15/h1-9H. The summed E-state index contributed by atoms with van der Waals surface area (Å²) in [5.41, 5.74) is 1.81. The maximum Gasteiger partial charge on any atom is 0.123 e. The molecule has 0 bridgehead atoms. The van der Waals surface area contributed by atoms with Gasteiger partial charge < -0.3 is 0 Å². The van der Waals surface area contributed by atoms with E-state index in [1.165, 1.54) is 12.1 Å². The molecule has 3 heteroatoms. The maximum absolute atomic E-state index is 12.7. The van der Waals surface area contributed by atoms with Crippen molar-refractivity contribution >= 4 is 34.5 Å². The Hall–Kier alpha value is -1.23. The van der Waals surface area contributed by atoms with Crippen LogP contribution < -0.4 is 0 Å². The number of aliphatic imine (C=N–C) groups is 1. The van der Waals surface area contributed by atoms with Crippen molar-refractivity contribution in [1.29, 1.82) is 0 Å². The molecule has 0 radical (unpaired) electrons. The molecule has 0 atom stereocenters. The lowest BCUT2D eigenvalue weighted by Crippen LogP contribution is -1.81. The van der Waals surface area contributed by atoms with Crippen molar-refractivity contribution in [3.63, 3.8) is 0 Å². The summed E-state index contributed by atoms with van der Waals surface area (Å²) in [6.45, 7) is 0. The van der Waals surface area contributed by atoms with Gasteiger partial charge in [-0.1, -0.05) is 24.3 Å². The van der Waals surface area contributed by atoms with Crippen molar-refractivity contribution in [2.75, 3.05) is 0 Å². The molecule has 2 aromatic rings. The number of rotatable bonds is 2. The molecular formula is C13H9FIN. The second-order valence-electron chi connectivity index (χ2n) is 3.26. The Bertz CT molecular complexity index is 506. The Morgan fingerprint density at radius 3 is 2.38 bits per heavy atom. The Kier molecular flexibility index (Phi) is 3.66. The van der Waals surface area contributed by atoms with Crippen LogP contribution in [0.5, 0.6) is 0 Å². The third-order valence-electron chi connectivity index (χ3n) is 2.08. The maximum atomic E-state index is 12.7. The average molecular weight is 325 g/mol. The van der Waals surface area contributed by atoms with Crippen LogP contribution in [0.3, 0.4) is 0 Å². The third kappa shape index (κ3) is 2.88. The van der Waals surface area contributed by atoms with Gasteiger partial charge >= 0.3 is 0 Å². The fourth-order valence-electron chi connectivity index (χ4n) is 1.25. The molecule has 80 valence electrons. The van der Waals surface area contributed by atoms with Gasteiger partial charge in [-0.15, -0.1) is 0 Å². The van der Waals surface area contributed by atoms with Gasteiger partial charge in [-0.05, 0) is 52.4 Å². The van der Waals surface area contributed by atoms with Gasteiger partial charge in [-0.2, -0.15) is 0 Å².